The molecule has 0 saturated heterocycles. The van der Waals surface area contributed by atoms with Crippen LogP contribution in [0, 0.1) is 0 Å². The summed E-state index contributed by atoms with van der Waals surface area (Å²) in [5.41, 5.74) is 7.22. The molecule has 0 aromatic heterocycles. The normalized spacial score (nSPS) is 12.6. The Hall–Kier alpha value is -2.77. The quantitative estimate of drug-likeness (QED) is 0.444. The van der Waals surface area contributed by atoms with Gasteiger partial charge in [-0.25, -0.2) is 4.21 Å². The minimum absolute atomic E-state index is 0.0998. The van der Waals surface area contributed by atoms with Gasteiger partial charge in [-0.2, -0.15) is 5.11 Å². The van der Waals surface area contributed by atoms with E-state index in [1.165, 1.54) is 0 Å². The third kappa shape index (κ3) is 3.53. The average molecular weight is 326 g/mol. The average Bonchev–Trinajstić information content (AvgIpc) is 2.55. The number of anilines is 1. The molecule has 3 rings (SSSR count). The Morgan fingerprint density at radius 3 is 2.48 bits per heavy atom. The zero-order valence-electron chi connectivity index (χ0n) is 11.9. The lowest BCUT2D eigenvalue weighted by Gasteiger charge is -2.12. The Bertz CT molecular complexity index is 898. The van der Waals surface area contributed by atoms with E-state index in [4.69, 9.17) is 9.92 Å². The van der Waals surface area contributed by atoms with Crippen molar-refractivity contribution in [3.63, 3.8) is 0 Å². The van der Waals surface area contributed by atoms with Crippen LogP contribution in [0.2, 0.25) is 0 Å². The molecule has 2 N–H and O–H groups in total. The van der Waals surface area contributed by atoms with Crippen LogP contribution in [-0.2, 0) is 11.4 Å². The second kappa shape index (κ2) is 6.55. The van der Waals surface area contributed by atoms with E-state index >= 15 is 0 Å². The molecular weight excluding hydrogens is 314 g/mol. The number of nitrogen functional groups attached to an aromatic ring is 1. The van der Waals surface area contributed by atoms with E-state index in [2.05, 4.69) is 10.2 Å². The van der Waals surface area contributed by atoms with Gasteiger partial charge in [-0.3, -0.25) is 0 Å². The standard InChI is InChI=1S/C16H13N3O3S/c17-12-8-6-11-7-9-15(16(14(11)10-12)22-23(20)21)19-18-13-4-2-1-3-5-13/h1-10H,17H2,(H,20,21)/p-1. The number of fused-ring (bicyclic) bond motifs is 1. The molecule has 1 unspecified atom stereocenters. The number of hydrogen-bond donors (Lipinski definition) is 1. The highest BCUT2D eigenvalue weighted by Crippen LogP contribution is 2.38. The number of rotatable bonds is 4. The van der Waals surface area contributed by atoms with Gasteiger partial charge in [0.1, 0.15) is 17.0 Å². The summed E-state index contributed by atoms with van der Waals surface area (Å²) in [6.45, 7) is 0. The smallest absolute Gasteiger partial charge is 0.174 e. The maximum atomic E-state index is 11.0. The van der Waals surface area contributed by atoms with E-state index in [1.54, 1.807) is 42.5 Å². The lowest BCUT2D eigenvalue weighted by Crippen LogP contribution is -1.99. The van der Waals surface area contributed by atoms with Gasteiger partial charge in [0.15, 0.2) is 5.75 Å². The Kier molecular flexibility index (Phi) is 4.31. The molecule has 23 heavy (non-hydrogen) atoms. The summed E-state index contributed by atoms with van der Waals surface area (Å²) in [6.07, 6.45) is 0. The van der Waals surface area contributed by atoms with Gasteiger partial charge in [0.2, 0.25) is 0 Å². The molecule has 1 atom stereocenters. The second-order valence-electron chi connectivity index (χ2n) is 4.72. The van der Waals surface area contributed by atoms with Crippen LogP contribution in [0.25, 0.3) is 10.8 Å². The Balaban J connectivity index is 2.11. The predicted molar refractivity (Wildman–Crippen MR) is 88.5 cm³/mol. The maximum Gasteiger partial charge on any atom is 0.174 e. The van der Waals surface area contributed by atoms with E-state index in [9.17, 15) is 8.76 Å². The summed E-state index contributed by atoms with van der Waals surface area (Å²) >= 11 is -2.73. The Morgan fingerprint density at radius 1 is 1.00 bits per heavy atom. The monoisotopic (exact) mass is 326 g/mol. The first-order chi connectivity index (χ1) is 11.1. The first-order valence-corrected chi connectivity index (χ1v) is 7.70. The van der Waals surface area contributed by atoms with Crippen molar-refractivity contribution in [1.82, 2.24) is 0 Å². The van der Waals surface area contributed by atoms with E-state index < -0.39 is 11.4 Å². The molecule has 3 aromatic rings. The molecule has 0 saturated carbocycles. The van der Waals surface area contributed by atoms with Crippen molar-refractivity contribution in [1.29, 1.82) is 0 Å². The number of nitrogens with zero attached hydrogens (tertiary/aromatic N) is 2. The van der Waals surface area contributed by atoms with Crippen LogP contribution < -0.4 is 9.92 Å². The van der Waals surface area contributed by atoms with Gasteiger partial charge in [0.25, 0.3) is 0 Å². The van der Waals surface area contributed by atoms with Gasteiger partial charge in [0, 0.05) is 11.1 Å². The van der Waals surface area contributed by atoms with Gasteiger partial charge in [-0.05, 0) is 35.7 Å². The van der Waals surface area contributed by atoms with Crippen molar-refractivity contribution >= 4 is 39.2 Å². The van der Waals surface area contributed by atoms with Crippen LogP contribution in [0.1, 0.15) is 0 Å². The zero-order valence-corrected chi connectivity index (χ0v) is 12.7. The fourth-order valence-electron chi connectivity index (χ4n) is 2.14. The summed E-state index contributed by atoms with van der Waals surface area (Å²) in [5.74, 6) is 0.0998. The molecule has 6 nitrogen and oxygen atoms in total. The lowest BCUT2D eigenvalue weighted by molar-refractivity contribution is 0.442. The molecule has 0 aliphatic carbocycles. The van der Waals surface area contributed by atoms with Crippen molar-refractivity contribution in [2.45, 2.75) is 0 Å². The molecular formula is C16H12N3O3S-. The highest BCUT2D eigenvalue weighted by Gasteiger charge is 2.10. The number of hydrogen-bond acceptors (Lipinski definition) is 6. The molecule has 0 heterocycles. The van der Waals surface area contributed by atoms with Crippen molar-refractivity contribution in [2.75, 3.05) is 5.73 Å². The fraction of sp³-hybridized carbons (Fsp3) is 0. The topological polar surface area (TPSA) is 100 Å². The van der Waals surface area contributed by atoms with Crippen molar-refractivity contribution in [2.24, 2.45) is 10.2 Å². The number of benzene rings is 3. The van der Waals surface area contributed by atoms with Crippen LogP contribution >= 0.6 is 0 Å². The van der Waals surface area contributed by atoms with Gasteiger partial charge in [-0.1, -0.05) is 30.3 Å². The van der Waals surface area contributed by atoms with E-state index in [1.807, 2.05) is 18.2 Å². The lowest BCUT2D eigenvalue weighted by atomic mass is 10.1. The van der Waals surface area contributed by atoms with Crippen LogP contribution in [0.3, 0.4) is 0 Å². The highest BCUT2D eigenvalue weighted by atomic mass is 32.2. The van der Waals surface area contributed by atoms with E-state index in [-0.39, 0.29) is 5.75 Å². The first-order valence-electron chi connectivity index (χ1n) is 6.70. The molecule has 0 radical (unpaired) electrons. The summed E-state index contributed by atoms with van der Waals surface area (Å²) in [7, 11) is 0. The van der Waals surface area contributed by atoms with Crippen LogP contribution in [0.5, 0.6) is 5.75 Å². The second-order valence-corrected chi connectivity index (χ2v) is 5.29. The molecule has 0 aliphatic heterocycles. The van der Waals surface area contributed by atoms with Crippen molar-refractivity contribution in [3.05, 3.63) is 60.7 Å². The van der Waals surface area contributed by atoms with Gasteiger partial charge in [-0.15, -0.1) is 5.11 Å². The zero-order chi connectivity index (χ0) is 16.2. The third-order valence-corrected chi connectivity index (χ3v) is 3.46. The highest BCUT2D eigenvalue weighted by molar-refractivity contribution is 7.74. The molecule has 116 valence electrons. The molecule has 0 spiro atoms. The SMILES string of the molecule is Nc1ccc2ccc(N=Nc3ccccc3)c(OS(=O)[O-])c2c1. The molecule has 3 aromatic carbocycles. The molecule has 7 heteroatoms. The largest absolute Gasteiger partial charge is 0.740 e. The number of azo groups is 1. The summed E-state index contributed by atoms with van der Waals surface area (Å²) in [5, 5.41) is 9.53. The van der Waals surface area contributed by atoms with E-state index in [0.717, 1.165) is 5.39 Å². The van der Waals surface area contributed by atoms with Gasteiger partial charge < -0.3 is 14.5 Å². The van der Waals surface area contributed by atoms with Crippen molar-refractivity contribution in [3.8, 4) is 5.75 Å². The molecule has 0 fully saturated rings. The third-order valence-electron chi connectivity index (χ3n) is 3.16. The Morgan fingerprint density at radius 2 is 1.74 bits per heavy atom. The Labute approximate surface area is 135 Å². The summed E-state index contributed by atoms with van der Waals surface area (Å²) in [6, 6.07) is 17.7. The van der Waals surface area contributed by atoms with Crippen LogP contribution in [0.15, 0.2) is 70.9 Å². The summed E-state index contributed by atoms with van der Waals surface area (Å²) < 4.78 is 26.9. The van der Waals surface area contributed by atoms with Gasteiger partial charge in [0.05, 0.1) is 5.69 Å². The molecule has 0 amide bonds. The summed E-state index contributed by atoms with van der Waals surface area (Å²) in [4.78, 5) is 0. The predicted octanol–water partition coefficient (Wildman–Crippen LogP) is 4.01. The fourth-order valence-corrected chi connectivity index (χ4v) is 2.45. The minimum Gasteiger partial charge on any atom is -0.740 e. The molecule has 0 bridgehead atoms. The van der Waals surface area contributed by atoms with Gasteiger partial charge >= 0.3 is 0 Å². The minimum atomic E-state index is -2.73. The number of nitrogens with two attached hydrogens (primary N) is 1. The van der Waals surface area contributed by atoms with Crippen molar-refractivity contribution < 1.29 is 12.9 Å². The van der Waals surface area contributed by atoms with E-state index in [0.29, 0.717) is 22.4 Å². The first kappa shape index (κ1) is 15.1. The maximum absolute atomic E-state index is 11.0. The van der Waals surface area contributed by atoms with Crippen LogP contribution in [0.4, 0.5) is 17.1 Å². The molecule has 0 aliphatic rings. The van der Waals surface area contributed by atoms with Crippen LogP contribution in [-0.4, -0.2) is 8.76 Å².